The molecule has 0 amide bonds. The number of hydrogen-bond acceptors (Lipinski definition) is 3. The molecule has 20 heavy (non-hydrogen) atoms. The van der Waals surface area contributed by atoms with E-state index in [1.807, 2.05) is 0 Å². The molecule has 1 aliphatic heterocycles. The van der Waals surface area contributed by atoms with E-state index >= 15 is 0 Å². The van der Waals surface area contributed by atoms with Gasteiger partial charge in [0, 0.05) is 13.1 Å². The molecule has 0 spiro atoms. The lowest BCUT2D eigenvalue weighted by molar-refractivity contribution is -0.228. The standard InChI is InChI=1S/C13H20F3NO3/c14-13(15,16)12(10(18)19)6-7-17(9-12)8-11(20)4-2-1-3-5-11/h20H,1-9H2,(H,18,19). The summed E-state index contributed by atoms with van der Waals surface area (Å²) in [6, 6.07) is 0. The monoisotopic (exact) mass is 295 g/mol. The minimum atomic E-state index is -4.76. The van der Waals surface area contributed by atoms with Crippen molar-refractivity contribution in [1.29, 1.82) is 0 Å². The first-order valence-electron chi connectivity index (χ1n) is 6.93. The van der Waals surface area contributed by atoms with E-state index in [0.717, 1.165) is 19.3 Å². The largest absolute Gasteiger partial charge is 0.481 e. The van der Waals surface area contributed by atoms with Crippen molar-refractivity contribution in [3.63, 3.8) is 0 Å². The highest BCUT2D eigenvalue weighted by Gasteiger charge is 2.63. The summed E-state index contributed by atoms with van der Waals surface area (Å²) < 4.78 is 39.1. The minimum absolute atomic E-state index is 0.0636. The van der Waals surface area contributed by atoms with Crippen LogP contribution in [0, 0.1) is 5.41 Å². The molecule has 4 nitrogen and oxygen atoms in total. The number of carboxylic acids is 1. The molecular formula is C13H20F3NO3. The van der Waals surface area contributed by atoms with Gasteiger partial charge in [-0.2, -0.15) is 13.2 Å². The maximum Gasteiger partial charge on any atom is 0.406 e. The summed E-state index contributed by atoms with van der Waals surface area (Å²) >= 11 is 0. The van der Waals surface area contributed by atoms with Crippen LogP contribution in [0.25, 0.3) is 0 Å². The van der Waals surface area contributed by atoms with E-state index in [4.69, 9.17) is 5.11 Å². The third-order valence-corrected chi connectivity index (χ3v) is 4.60. The Kier molecular flexibility index (Phi) is 4.03. The Morgan fingerprint density at radius 3 is 2.20 bits per heavy atom. The van der Waals surface area contributed by atoms with Crippen LogP contribution in [0.1, 0.15) is 38.5 Å². The fourth-order valence-corrected chi connectivity index (χ4v) is 3.34. The van der Waals surface area contributed by atoms with Gasteiger partial charge in [0.2, 0.25) is 0 Å². The van der Waals surface area contributed by atoms with Gasteiger partial charge in [0.1, 0.15) is 0 Å². The van der Waals surface area contributed by atoms with Crippen LogP contribution in [0.3, 0.4) is 0 Å². The summed E-state index contributed by atoms with van der Waals surface area (Å²) in [5.74, 6) is -1.82. The quantitative estimate of drug-likeness (QED) is 0.836. The first kappa shape index (κ1) is 15.6. The Labute approximate surface area is 115 Å². The molecule has 0 aromatic rings. The van der Waals surface area contributed by atoms with Gasteiger partial charge in [-0.3, -0.25) is 9.69 Å². The van der Waals surface area contributed by atoms with E-state index in [9.17, 15) is 23.1 Å². The van der Waals surface area contributed by atoms with Gasteiger partial charge in [0.25, 0.3) is 0 Å². The number of rotatable bonds is 3. The van der Waals surface area contributed by atoms with Crippen LogP contribution < -0.4 is 0 Å². The fourth-order valence-electron chi connectivity index (χ4n) is 3.34. The Balaban J connectivity index is 2.05. The Bertz CT molecular complexity index is 380. The number of aliphatic carboxylic acids is 1. The second-order valence-electron chi connectivity index (χ2n) is 6.13. The van der Waals surface area contributed by atoms with Crippen molar-refractivity contribution in [1.82, 2.24) is 4.90 Å². The summed E-state index contributed by atoms with van der Waals surface area (Å²) in [5.41, 5.74) is -3.64. The molecule has 1 saturated heterocycles. The third-order valence-electron chi connectivity index (χ3n) is 4.60. The molecule has 0 aromatic carbocycles. The lowest BCUT2D eigenvalue weighted by atomic mass is 9.84. The number of alkyl halides is 3. The highest BCUT2D eigenvalue weighted by atomic mass is 19.4. The first-order valence-corrected chi connectivity index (χ1v) is 6.93. The SMILES string of the molecule is O=C(O)C1(C(F)(F)F)CCN(CC2(O)CCCCC2)C1. The zero-order valence-corrected chi connectivity index (χ0v) is 11.2. The van der Waals surface area contributed by atoms with E-state index in [1.54, 1.807) is 0 Å². The second kappa shape index (κ2) is 5.18. The van der Waals surface area contributed by atoms with E-state index in [1.165, 1.54) is 4.90 Å². The summed E-state index contributed by atoms with van der Waals surface area (Å²) in [4.78, 5) is 12.5. The van der Waals surface area contributed by atoms with Crippen molar-refractivity contribution < 1.29 is 28.2 Å². The summed E-state index contributed by atoms with van der Waals surface area (Å²) in [7, 11) is 0. The summed E-state index contributed by atoms with van der Waals surface area (Å²) in [6.45, 7) is -0.361. The van der Waals surface area contributed by atoms with Crippen molar-refractivity contribution in [2.24, 2.45) is 5.41 Å². The number of halogens is 3. The van der Waals surface area contributed by atoms with Gasteiger partial charge in [-0.1, -0.05) is 19.3 Å². The molecule has 1 heterocycles. The van der Waals surface area contributed by atoms with Crippen molar-refractivity contribution in [2.75, 3.05) is 19.6 Å². The number of β-amino-alcohol motifs (C(OH)–C–C–N with tert-alkyl or cyclic N) is 1. The molecule has 1 saturated carbocycles. The summed E-state index contributed by atoms with van der Waals surface area (Å²) in [6.07, 6.45) is -1.28. The number of nitrogens with zero attached hydrogens (tertiary/aromatic N) is 1. The van der Waals surface area contributed by atoms with Crippen LogP contribution in [0.15, 0.2) is 0 Å². The maximum atomic E-state index is 13.0. The Hall–Kier alpha value is -0.820. The zero-order chi connectivity index (χ0) is 15.0. The van der Waals surface area contributed by atoms with Gasteiger partial charge in [0.15, 0.2) is 5.41 Å². The lowest BCUT2D eigenvalue weighted by Gasteiger charge is -2.36. The van der Waals surface area contributed by atoms with Crippen LogP contribution in [-0.2, 0) is 4.79 Å². The lowest BCUT2D eigenvalue weighted by Crippen LogP contribution is -2.49. The Morgan fingerprint density at radius 2 is 1.75 bits per heavy atom. The predicted molar refractivity (Wildman–Crippen MR) is 65.2 cm³/mol. The molecule has 2 fully saturated rings. The molecule has 2 aliphatic rings. The van der Waals surface area contributed by atoms with Crippen molar-refractivity contribution >= 4 is 5.97 Å². The normalized spacial score (nSPS) is 31.4. The van der Waals surface area contributed by atoms with Gasteiger partial charge in [0.05, 0.1) is 5.60 Å². The molecule has 0 radical (unpaired) electrons. The highest BCUT2D eigenvalue weighted by Crippen LogP contribution is 2.46. The van der Waals surface area contributed by atoms with E-state index < -0.39 is 36.1 Å². The van der Waals surface area contributed by atoms with Gasteiger partial charge >= 0.3 is 12.1 Å². The predicted octanol–water partition coefficient (Wildman–Crippen LogP) is 2.02. The molecule has 2 rings (SSSR count). The highest BCUT2D eigenvalue weighted by molar-refractivity contribution is 5.76. The van der Waals surface area contributed by atoms with E-state index in [0.29, 0.717) is 12.8 Å². The van der Waals surface area contributed by atoms with Crippen LogP contribution in [-0.4, -0.2) is 52.5 Å². The molecule has 1 unspecified atom stereocenters. The summed E-state index contributed by atoms with van der Waals surface area (Å²) in [5, 5.41) is 19.4. The number of carbonyl (C=O) groups is 1. The van der Waals surface area contributed by atoms with Crippen LogP contribution in [0.2, 0.25) is 0 Å². The van der Waals surface area contributed by atoms with Crippen molar-refractivity contribution in [2.45, 2.75) is 50.3 Å². The van der Waals surface area contributed by atoms with Crippen LogP contribution >= 0.6 is 0 Å². The van der Waals surface area contributed by atoms with Gasteiger partial charge in [-0.25, -0.2) is 0 Å². The molecule has 0 bridgehead atoms. The average Bonchev–Trinajstić information content (AvgIpc) is 2.74. The van der Waals surface area contributed by atoms with Gasteiger partial charge in [-0.05, 0) is 25.8 Å². The molecule has 116 valence electrons. The smallest absolute Gasteiger partial charge is 0.406 e. The van der Waals surface area contributed by atoms with Crippen molar-refractivity contribution in [3.8, 4) is 0 Å². The number of aliphatic hydroxyl groups is 1. The molecule has 1 atom stereocenters. The average molecular weight is 295 g/mol. The van der Waals surface area contributed by atoms with Crippen LogP contribution in [0.5, 0.6) is 0 Å². The molecule has 7 heteroatoms. The topological polar surface area (TPSA) is 60.8 Å². The maximum absolute atomic E-state index is 13.0. The number of hydrogen-bond donors (Lipinski definition) is 2. The second-order valence-corrected chi connectivity index (χ2v) is 6.13. The molecule has 2 N–H and O–H groups in total. The third kappa shape index (κ3) is 2.79. The minimum Gasteiger partial charge on any atom is -0.481 e. The number of likely N-dealkylation sites (tertiary alicyclic amines) is 1. The van der Waals surface area contributed by atoms with Gasteiger partial charge < -0.3 is 10.2 Å². The fraction of sp³-hybridized carbons (Fsp3) is 0.923. The molecule has 0 aromatic heterocycles. The van der Waals surface area contributed by atoms with Gasteiger partial charge in [-0.15, -0.1) is 0 Å². The first-order chi connectivity index (χ1) is 9.19. The zero-order valence-electron chi connectivity index (χ0n) is 11.2. The molecular weight excluding hydrogens is 275 g/mol. The number of carboxylic acid groups (broad SMARTS) is 1. The Morgan fingerprint density at radius 1 is 1.15 bits per heavy atom. The van der Waals surface area contributed by atoms with E-state index in [2.05, 4.69) is 0 Å². The van der Waals surface area contributed by atoms with Crippen molar-refractivity contribution in [3.05, 3.63) is 0 Å². The molecule has 1 aliphatic carbocycles. The van der Waals surface area contributed by atoms with Crippen LogP contribution in [0.4, 0.5) is 13.2 Å². The van der Waals surface area contributed by atoms with E-state index in [-0.39, 0.29) is 13.1 Å².